The molecule has 0 amide bonds. The molecule has 0 N–H and O–H groups in total. The van der Waals surface area contributed by atoms with Gasteiger partial charge in [0.25, 0.3) is 0 Å². The highest BCUT2D eigenvalue weighted by atomic mass is 79.9. The molecule has 0 aliphatic heterocycles. The second-order valence-corrected chi connectivity index (χ2v) is 4.86. The lowest BCUT2D eigenvalue weighted by molar-refractivity contribution is 0.416. The number of nitrogens with zero attached hydrogens (tertiary/aromatic N) is 3. The van der Waals surface area contributed by atoms with Crippen molar-refractivity contribution in [2.24, 2.45) is 0 Å². The van der Waals surface area contributed by atoms with Crippen molar-refractivity contribution in [2.75, 3.05) is 39.1 Å². The number of rotatable bonds is 4. The normalized spacial score (nSPS) is 10.2. The molecule has 1 aromatic carbocycles. The standard InChI is InChI=1S/C12H16BrN3/c1-15(2)6-7-16(3)12-5-4-10(9-14)8-11(12)13/h4-5,8H,6-7H2,1-3H3. The van der Waals surface area contributed by atoms with Gasteiger partial charge in [0, 0.05) is 24.6 Å². The van der Waals surface area contributed by atoms with E-state index in [-0.39, 0.29) is 0 Å². The lowest BCUT2D eigenvalue weighted by Crippen LogP contribution is -2.28. The van der Waals surface area contributed by atoms with Gasteiger partial charge in [-0.3, -0.25) is 0 Å². The zero-order valence-corrected chi connectivity index (χ0v) is 11.5. The molecular formula is C12H16BrN3. The Morgan fingerprint density at radius 3 is 2.44 bits per heavy atom. The van der Waals surface area contributed by atoms with Crippen LogP contribution in [0.25, 0.3) is 0 Å². The van der Waals surface area contributed by atoms with E-state index in [2.05, 4.69) is 52.9 Å². The second-order valence-electron chi connectivity index (χ2n) is 4.00. The number of nitriles is 1. The number of anilines is 1. The Morgan fingerprint density at radius 2 is 1.94 bits per heavy atom. The van der Waals surface area contributed by atoms with Gasteiger partial charge in [0.2, 0.25) is 0 Å². The van der Waals surface area contributed by atoms with Gasteiger partial charge in [-0.15, -0.1) is 0 Å². The van der Waals surface area contributed by atoms with E-state index < -0.39 is 0 Å². The molecule has 86 valence electrons. The van der Waals surface area contributed by atoms with Gasteiger partial charge in [0.1, 0.15) is 0 Å². The SMILES string of the molecule is CN(C)CCN(C)c1ccc(C#N)cc1Br. The van der Waals surface area contributed by atoms with E-state index in [4.69, 9.17) is 5.26 Å². The summed E-state index contributed by atoms with van der Waals surface area (Å²) >= 11 is 3.49. The largest absolute Gasteiger partial charge is 0.372 e. The van der Waals surface area contributed by atoms with Gasteiger partial charge in [-0.1, -0.05) is 0 Å². The number of hydrogen-bond donors (Lipinski definition) is 0. The molecule has 4 heteroatoms. The molecule has 0 aromatic heterocycles. The van der Waals surface area contributed by atoms with E-state index in [0.717, 1.165) is 23.2 Å². The van der Waals surface area contributed by atoms with Crippen LogP contribution in [0, 0.1) is 11.3 Å². The summed E-state index contributed by atoms with van der Waals surface area (Å²) in [5.41, 5.74) is 1.79. The van der Waals surface area contributed by atoms with E-state index >= 15 is 0 Å². The minimum atomic E-state index is 0.677. The molecule has 0 fully saturated rings. The van der Waals surface area contributed by atoms with E-state index in [0.29, 0.717) is 5.56 Å². The molecule has 1 aromatic rings. The fourth-order valence-electron chi connectivity index (χ4n) is 1.36. The van der Waals surface area contributed by atoms with Gasteiger partial charge in [-0.05, 0) is 48.2 Å². The third-order valence-electron chi connectivity index (χ3n) is 2.37. The Labute approximate surface area is 105 Å². The lowest BCUT2D eigenvalue weighted by atomic mass is 10.2. The molecule has 0 saturated carbocycles. The topological polar surface area (TPSA) is 30.3 Å². The molecule has 0 aliphatic carbocycles. The van der Waals surface area contributed by atoms with Crippen LogP contribution in [0.1, 0.15) is 5.56 Å². The lowest BCUT2D eigenvalue weighted by Gasteiger charge is -2.22. The monoisotopic (exact) mass is 281 g/mol. The zero-order valence-electron chi connectivity index (χ0n) is 9.87. The van der Waals surface area contributed by atoms with E-state index in [9.17, 15) is 0 Å². The highest BCUT2D eigenvalue weighted by Gasteiger charge is 2.06. The summed E-state index contributed by atoms with van der Waals surface area (Å²) in [6.45, 7) is 1.96. The maximum Gasteiger partial charge on any atom is 0.0992 e. The number of benzene rings is 1. The van der Waals surface area contributed by atoms with Crippen molar-refractivity contribution < 1.29 is 0 Å². The highest BCUT2D eigenvalue weighted by Crippen LogP contribution is 2.26. The Balaban J connectivity index is 2.76. The summed E-state index contributed by atoms with van der Waals surface area (Å²) in [6.07, 6.45) is 0. The van der Waals surface area contributed by atoms with Crippen LogP contribution in [0.15, 0.2) is 22.7 Å². The van der Waals surface area contributed by atoms with Crippen LogP contribution in [0.5, 0.6) is 0 Å². The summed E-state index contributed by atoms with van der Waals surface area (Å²) in [6, 6.07) is 7.79. The van der Waals surface area contributed by atoms with Crippen LogP contribution in [-0.4, -0.2) is 39.1 Å². The first-order chi connectivity index (χ1) is 7.54. The summed E-state index contributed by atoms with van der Waals surface area (Å²) in [4.78, 5) is 4.32. The first kappa shape index (κ1) is 13.0. The van der Waals surface area contributed by atoms with E-state index in [1.54, 1.807) is 0 Å². The fraction of sp³-hybridized carbons (Fsp3) is 0.417. The van der Waals surface area contributed by atoms with Crippen LogP contribution in [0.3, 0.4) is 0 Å². The Morgan fingerprint density at radius 1 is 1.25 bits per heavy atom. The number of hydrogen-bond acceptors (Lipinski definition) is 3. The average molecular weight is 282 g/mol. The first-order valence-corrected chi connectivity index (χ1v) is 5.89. The van der Waals surface area contributed by atoms with Crippen LogP contribution >= 0.6 is 15.9 Å². The molecule has 0 heterocycles. The van der Waals surface area contributed by atoms with Crippen LogP contribution in [-0.2, 0) is 0 Å². The highest BCUT2D eigenvalue weighted by molar-refractivity contribution is 9.10. The smallest absolute Gasteiger partial charge is 0.0992 e. The molecule has 1 rings (SSSR count). The van der Waals surface area contributed by atoms with Gasteiger partial charge in [-0.2, -0.15) is 5.26 Å². The number of likely N-dealkylation sites (N-methyl/N-ethyl adjacent to an activating group) is 2. The predicted molar refractivity (Wildman–Crippen MR) is 70.7 cm³/mol. The Hall–Kier alpha value is -1.05. The second kappa shape index (κ2) is 5.88. The van der Waals surface area contributed by atoms with Crippen LogP contribution in [0.4, 0.5) is 5.69 Å². The zero-order chi connectivity index (χ0) is 12.1. The molecule has 0 spiro atoms. The van der Waals surface area contributed by atoms with Crippen molar-refractivity contribution >= 4 is 21.6 Å². The molecule has 16 heavy (non-hydrogen) atoms. The van der Waals surface area contributed by atoms with E-state index in [1.165, 1.54) is 0 Å². The quantitative estimate of drug-likeness (QED) is 0.849. The summed E-state index contributed by atoms with van der Waals surface area (Å²) in [5.74, 6) is 0. The molecule has 0 radical (unpaired) electrons. The maximum atomic E-state index is 8.78. The van der Waals surface area contributed by atoms with Gasteiger partial charge in [0.15, 0.2) is 0 Å². The van der Waals surface area contributed by atoms with Crippen molar-refractivity contribution in [3.05, 3.63) is 28.2 Å². The summed E-state index contributed by atoms with van der Waals surface area (Å²) in [5, 5.41) is 8.78. The molecule has 0 atom stereocenters. The van der Waals surface area contributed by atoms with Gasteiger partial charge in [-0.25, -0.2) is 0 Å². The Kier molecular flexibility index (Phi) is 4.78. The Bertz CT molecular complexity index is 396. The van der Waals surface area contributed by atoms with Crippen molar-refractivity contribution in [1.82, 2.24) is 4.90 Å². The molecule has 0 bridgehead atoms. The average Bonchev–Trinajstić information content (AvgIpc) is 2.25. The molecule has 0 aliphatic rings. The van der Waals surface area contributed by atoms with Crippen molar-refractivity contribution in [1.29, 1.82) is 5.26 Å². The van der Waals surface area contributed by atoms with Crippen LogP contribution in [0.2, 0.25) is 0 Å². The molecule has 0 saturated heterocycles. The third-order valence-corrected chi connectivity index (χ3v) is 3.01. The molecule has 3 nitrogen and oxygen atoms in total. The van der Waals surface area contributed by atoms with Crippen molar-refractivity contribution in [3.63, 3.8) is 0 Å². The maximum absolute atomic E-state index is 8.78. The van der Waals surface area contributed by atoms with Crippen molar-refractivity contribution in [2.45, 2.75) is 0 Å². The van der Waals surface area contributed by atoms with Crippen molar-refractivity contribution in [3.8, 4) is 6.07 Å². The fourth-order valence-corrected chi connectivity index (χ4v) is 2.04. The van der Waals surface area contributed by atoms with Gasteiger partial charge >= 0.3 is 0 Å². The van der Waals surface area contributed by atoms with Crippen LogP contribution < -0.4 is 4.90 Å². The van der Waals surface area contributed by atoms with Gasteiger partial charge in [0.05, 0.1) is 17.3 Å². The third kappa shape index (κ3) is 3.51. The molecule has 0 unspecified atom stereocenters. The number of halogens is 1. The predicted octanol–water partition coefficient (Wildman–Crippen LogP) is 2.32. The summed E-state index contributed by atoms with van der Waals surface area (Å²) < 4.78 is 0.966. The van der Waals surface area contributed by atoms with E-state index in [1.807, 2.05) is 18.2 Å². The van der Waals surface area contributed by atoms with Gasteiger partial charge < -0.3 is 9.80 Å². The first-order valence-electron chi connectivity index (χ1n) is 5.10. The molecular weight excluding hydrogens is 266 g/mol. The minimum absolute atomic E-state index is 0.677. The summed E-state index contributed by atoms with van der Waals surface area (Å²) in [7, 11) is 6.17. The minimum Gasteiger partial charge on any atom is -0.372 e.